The van der Waals surface area contributed by atoms with Crippen molar-refractivity contribution in [3.05, 3.63) is 47.0 Å². The van der Waals surface area contributed by atoms with Crippen molar-refractivity contribution in [2.45, 2.75) is 13.0 Å². The summed E-state index contributed by atoms with van der Waals surface area (Å²) in [6.07, 6.45) is -0.334. The van der Waals surface area contributed by atoms with E-state index in [0.717, 1.165) is 6.26 Å². The van der Waals surface area contributed by atoms with Crippen LogP contribution in [0.5, 0.6) is 5.88 Å². The van der Waals surface area contributed by atoms with E-state index in [1.54, 1.807) is 38.2 Å². The Morgan fingerprint density at radius 3 is 2.59 bits per heavy atom. The number of hydrogen-bond donors (Lipinski definition) is 2. The molecule has 11 nitrogen and oxygen atoms in total. The first-order chi connectivity index (χ1) is 15.1. The molecule has 0 bridgehead atoms. The number of halogens is 1. The van der Waals surface area contributed by atoms with Gasteiger partial charge in [0.25, 0.3) is 0 Å². The summed E-state index contributed by atoms with van der Waals surface area (Å²) in [4.78, 5) is 16.8. The third-order valence-corrected chi connectivity index (χ3v) is 5.20. The maximum absolute atomic E-state index is 12.5. The highest BCUT2D eigenvalue weighted by Crippen LogP contribution is 2.30. The second kappa shape index (κ2) is 9.40. The quantitative estimate of drug-likeness (QED) is 0.525. The Morgan fingerprint density at radius 2 is 1.94 bits per heavy atom. The lowest BCUT2D eigenvalue weighted by Crippen LogP contribution is -2.18. The number of rotatable bonds is 7. The Hall–Kier alpha value is -3.38. The maximum atomic E-state index is 12.5. The number of sulfonamides is 1. The number of carbonyl (C=O) groups is 1. The molecule has 13 heteroatoms. The van der Waals surface area contributed by atoms with Crippen LogP contribution in [0.3, 0.4) is 0 Å². The molecule has 0 saturated carbocycles. The molecular formula is C19H21ClN6O5S. The SMILES string of the molecule is COc1nc(-c2nnn(C)c2NC(=O)O[C@H](C)c2ccccc2Cl)ccc1NS(C)(=O)=O. The highest BCUT2D eigenvalue weighted by atomic mass is 35.5. The minimum Gasteiger partial charge on any atom is -0.479 e. The number of aromatic nitrogens is 4. The Labute approximate surface area is 189 Å². The van der Waals surface area contributed by atoms with E-state index < -0.39 is 22.2 Å². The Morgan fingerprint density at radius 1 is 1.22 bits per heavy atom. The highest BCUT2D eigenvalue weighted by Gasteiger charge is 2.21. The van der Waals surface area contributed by atoms with E-state index in [1.807, 2.05) is 0 Å². The lowest BCUT2D eigenvalue weighted by Gasteiger charge is -2.16. The van der Waals surface area contributed by atoms with Crippen LogP contribution in [0.25, 0.3) is 11.4 Å². The molecular weight excluding hydrogens is 460 g/mol. The molecule has 0 aliphatic rings. The van der Waals surface area contributed by atoms with Gasteiger partial charge >= 0.3 is 6.09 Å². The summed E-state index contributed by atoms with van der Waals surface area (Å²) in [6, 6.07) is 10.0. The molecule has 1 amide bonds. The van der Waals surface area contributed by atoms with Crippen LogP contribution in [0.1, 0.15) is 18.6 Å². The van der Waals surface area contributed by atoms with Crippen LogP contribution in [-0.2, 0) is 21.8 Å². The second-order valence-electron chi connectivity index (χ2n) is 6.73. The third-order valence-electron chi connectivity index (χ3n) is 4.27. The zero-order valence-corrected chi connectivity index (χ0v) is 19.2. The topological polar surface area (TPSA) is 137 Å². The zero-order chi connectivity index (χ0) is 23.5. The van der Waals surface area contributed by atoms with Gasteiger partial charge in [0.2, 0.25) is 15.9 Å². The number of carbonyl (C=O) groups excluding carboxylic acids is 1. The molecule has 170 valence electrons. The lowest BCUT2D eigenvalue weighted by molar-refractivity contribution is 0.121. The van der Waals surface area contributed by atoms with E-state index in [0.29, 0.717) is 16.3 Å². The number of nitrogens with zero attached hydrogens (tertiary/aromatic N) is 4. The molecule has 1 atom stereocenters. The molecule has 0 spiro atoms. The number of amides is 1. The largest absolute Gasteiger partial charge is 0.479 e. The number of methoxy groups -OCH3 is 1. The molecule has 0 radical (unpaired) electrons. The lowest BCUT2D eigenvalue weighted by atomic mass is 10.1. The number of ether oxygens (including phenoxy) is 2. The molecule has 0 aliphatic heterocycles. The van der Waals surface area contributed by atoms with Crippen molar-refractivity contribution in [2.75, 3.05) is 23.4 Å². The molecule has 1 aromatic carbocycles. The van der Waals surface area contributed by atoms with Gasteiger partial charge in [-0.15, -0.1) is 5.10 Å². The fourth-order valence-corrected chi connectivity index (χ4v) is 3.67. The average molecular weight is 481 g/mol. The summed E-state index contributed by atoms with van der Waals surface area (Å²) >= 11 is 6.16. The summed E-state index contributed by atoms with van der Waals surface area (Å²) in [5.41, 5.74) is 1.35. The van der Waals surface area contributed by atoms with Crippen LogP contribution < -0.4 is 14.8 Å². The Bertz CT molecular complexity index is 1250. The van der Waals surface area contributed by atoms with Crippen LogP contribution in [0.15, 0.2) is 36.4 Å². The summed E-state index contributed by atoms with van der Waals surface area (Å²) in [7, 11) is -0.596. The van der Waals surface area contributed by atoms with Crippen molar-refractivity contribution in [3.63, 3.8) is 0 Å². The Kier molecular flexibility index (Phi) is 6.84. The standard InChI is InChI=1S/C19H21ClN6O5S/c1-11(12-7-5-6-8-13(12)20)31-19(27)22-17-16(23-25-26(17)2)14-9-10-15(18(21-14)30-3)24-32(4,28)29/h5-11,24H,1-4H3,(H,22,27)/t11-/m1/s1. The predicted molar refractivity (Wildman–Crippen MR) is 119 cm³/mol. The summed E-state index contributed by atoms with van der Waals surface area (Å²) in [5, 5.41) is 11.0. The van der Waals surface area contributed by atoms with Crippen molar-refractivity contribution in [2.24, 2.45) is 7.05 Å². The fourth-order valence-electron chi connectivity index (χ4n) is 2.83. The molecule has 32 heavy (non-hydrogen) atoms. The molecule has 2 aromatic heterocycles. The van der Waals surface area contributed by atoms with Crippen molar-refractivity contribution < 1.29 is 22.7 Å². The molecule has 3 aromatic rings. The number of pyridine rings is 1. The molecule has 0 aliphatic carbocycles. The van der Waals surface area contributed by atoms with E-state index >= 15 is 0 Å². The number of aryl methyl sites for hydroxylation is 1. The van der Waals surface area contributed by atoms with Crippen LogP contribution in [0.4, 0.5) is 16.3 Å². The van der Waals surface area contributed by atoms with E-state index in [-0.39, 0.29) is 23.1 Å². The first-order valence-corrected chi connectivity index (χ1v) is 11.5. The van der Waals surface area contributed by atoms with Gasteiger partial charge in [-0.1, -0.05) is 35.0 Å². The van der Waals surface area contributed by atoms with Gasteiger partial charge in [-0.25, -0.2) is 22.9 Å². The van der Waals surface area contributed by atoms with E-state index in [2.05, 4.69) is 25.3 Å². The molecule has 2 N–H and O–H groups in total. The second-order valence-corrected chi connectivity index (χ2v) is 8.89. The zero-order valence-electron chi connectivity index (χ0n) is 17.7. The number of nitrogens with one attached hydrogen (secondary N) is 2. The Balaban J connectivity index is 1.83. The minimum absolute atomic E-state index is 0.0273. The van der Waals surface area contributed by atoms with Gasteiger partial charge in [0.15, 0.2) is 11.5 Å². The monoisotopic (exact) mass is 480 g/mol. The van der Waals surface area contributed by atoms with Crippen molar-refractivity contribution in [1.29, 1.82) is 0 Å². The van der Waals surface area contributed by atoms with Gasteiger partial charge in [0.1, 0.15) is 11.8 Å². The first-order valence-electron chi connectivity index (χ1n) is 9.24. The highest BCUT2D eigenvalue weighted by molar-refractivity contribution is 7.92. The van der Waals surface area contributed by atoms with Crippen molar-refractivity contribution in [1.82, 2.24) is 20.0 Å². The average Bonchev–Trinajstić information content (AvgIpc) is 3.07. The van der Waals surface area contributed by atoms with Gasteiger partial charge in [0, 0.05) is 17.6 Å². The normalized spacial score (nSPS) is 12.2. The van der Waals surface area contributed by atoms with Gasteiger partial charge in [-0.2, -0.15) is 0 Å². The van der Waals surface area contributed by atoms with Crippen molar-refractivity contribution in [3.8, 4) is 17.3 Å². The van der Waals surface area contributed by atoms with E-state index in [4.69, 9.17) is 21.1 Å². The van der Waals surface area contributed by atoms with E-state index in [1.165, 1.54) is 23.9 Å². The van der Waals surface area contributed by atoms with Gasteiger partial charge in [-0.3, -0.25) is 10.0 Å². The molecule has 3 rings (SSSR count). The number of benzene rings is 1. The molecule has 0 saturated heterocycles. The van der Waals surface area contributed by atoms with Gasteiger partial charge in [0.05, 0.1) is 19.1 Å². The fraction of sp³-hybridized carbons (Fsp3) is 0.263. The maximum Gasteiger partial charge on any atom is 0.413 e. The molecule has 2 heterocycles. The minimum atomic E-state index is -3.53. The molecule has 0 unspecified atom stereocenters. The summed E-state index contributed by atoms with van der Waals surface area (Å²) in [5.74, 6) is 0.249. The van der Waals surface area contributed by atoms with Crippen LogP contribution >= 0.6 is 11.6 Å². The van der Waals surface area contributed by atoms with Crippen LogP contribution in [0, 0.1) is 0 Å². The first kappa shape index (κ1) is 23.3. The smallest absolute Gasteiger partial charge is 0.413 e. The number of hydrogen-bond acceptors (Lipinski definition) is 8. The summed E-state index contributed by atoms with van der Waals surface area (Å²) < 4.78 is 37.3. The van der Waals surface area contributed by atoms with Gasteiger partial charge < -0.3 is 9.47 Å². The van der Waals surface area contributed by atoms with Crippen LogP contribution in [-0.4, -0.2) is 47.9 Å². The van der Waals surface area contributed by atoms with Gasteiger partial charge in [-0.05, 0) is 25.1 Å². The van der Waals surface area contributed by atoms with Crippen LogP contribution in [0.2, 0.25) is 5.02 Å². The molecule has 0 fully saturated rings. The van der Waals surface area contributed by atoms with E-state index in [9.17, 15) is 13.2 Å². The third kappa shape index (κ3) is 5.45. The predicted octanol–water partition coefficient (Wildman–Crippen LogP) is 3.22. The van der Waals surface area contributed by atoms with Crippen molar-refractivity contribution >= 4 is 39.2 Å². The summed E-state index contributed by atoms with van der Waals surface area (Å²) in [6.45, 7) is 1.70. The number of anilines is 2.